The zero-order chi connectivity index (χ0) is 13.0. The van der Waals surface area contributed by atoms with Crippen molar-refractivity contribution in [1.29, 1.82) is 0 Å². The van der Waals surface area contributed by atoms with E-state index < -0.39 is 0 Å². The second-order valence-corrected chi connectivity index (χ2v) is 4.70. The lowest BCUT2D eigenvalue weighted by Gasteiger charge is -2.18. The zero-order valence-electron chi connectivity index (χ0n) is 10.9. The molecule has 6 nitrogen and oxygen atoms in total. The molecule has 1 fully saturated rings. The van der Waals surface area contributed by atoms with Gasteiger partial charge in [0.2, 0.25) is 0 Å². The van der Waals surface area contributed by atoms with Gasteiger partial charge in [0, 0.05) is 39.0 Å². The topological polar surface area (TPSA) is 59.4 Å². The number of hydrogen-bond acceptors (Lipinski definition) is 3. The maximum atomic E-state index is 11.8. The van der Waals surface area contributed by atoms with E-state index in [0.29, 0.717) is 13.1 Å². The Kier molecular flexibility index (Phi) is 4.19. The normalized spacial score (nSPS) is 18.9. The third-order valence-corrected chi connectivity index (χ3v) is 3.03. The van der Waals surface area contributed by atoms with Gasteiger partial charge in [-0.2, -0.15) is 5.10 Å². The third kappa shape index (κ3) is 3.46. The van der Waals surface area contributed by atoms with E-state index in [0.717, 1.165) is 25.0 Å². The molecule has 1 aliphatic rings. The van der Waals surface area contributed by atoms with Gasteiger partial charge >= 0.3 is 6.03 Å². The van der Waals surface area contributed by atoms with Crippen molar-refractivity contribution in [1.82, 2.24) is 20.0 Å². The van der Waals surface area contributed by atoms with Crippen LogP contribution in [0.25, 0.3) is 0 Å². The smallest absolute Gasteiger partial charge is 0.317 e. The number of rotatable bonds is 4. The number of hydrogen-bond donors (Lipinski definition) is 1. The molecule has 0 bridgehead atoms. The molecular formula is C12H20N4O2. The molecule has 1 N–H and O–H groups in total. The first kappa shape index (κ1) is 12.9. The van der Waals surface area contributed by atoms with Crippen molar-refractivity contribution in [2.24, 2.45) is 7.05 Å². The monoisotopic (exact) mass is 252 g/mol. The van der Waals surface area contributed by atoms with Gasteiger partial charge in [-0.05, 0) is 12.8 Å². The summed E-state index contributed by atoms with van der Waals surface area (Å²) in [6.07, 6.45) is 5.98. The first-order valence-electron chi connectivity index (χ1n) is 6.23. The van der Waals surface area contributed by atoms with Crippen molar-refractivity contribution in [3.63, 3.8) is 0 Å². The van der Waals surface area contributed by atoms with E-state index in [-0.39, 0.29) is 12.1 Å². The highest BCUT2D eigenvalue weighted by Crippen LogP contribution is 2.10. The Morgan fingerprint density at radius 3 is 3.17 bits per heavy atom. The largest absolute Gasteiger partial charge is 0.376 e. The molecule has 1 aromatic heterocycles. The van der Waals surface area contributed by atoms with E-state index in [2.05, 4.69) is 10.4 Å². The van der Waals surface area contributed by atoms with Crippen molar-refractivity contribution in [3.8, 4) is 0 Å². The molecular weight excluding hydrogens is 232 g/mol. The minimum Gasteiger partial charge on any atom is -0.376 e. The predicted octanol–water partition coefficient (Wildman–Crippen LogP) is 0.740. The molecule has 6 heteroatoms. The van der Waals surface area contributed by atoms with E-state index >= 15 is 0 Å². The van der Waals surface area contributed by atoms with Gasteiger partial charge in [-0.15, -0.1) is 0 Å². The number of nitrogens with zero attached hydrogens (tertiary/aromatic N) is 3. The van der Waals surface area contributed by atoms with Crippen LogP contribution in [0, 0.1) is 0 Å². The summed E-state index contributed by atoms with van der Waals surface area (Å²) in [6.45, 7) is 1.97. The van der Waals surface area contributed by atoms with E-state index in [1.807, 2.05) is 13.2 Å². The Hall–Kier alpha value is -1.56. The second-order valence-electron chi connectivity index (χ2n) is 4.70. The number of carbonyl (C=O) groups is 1. The van der Waals surface area contributed by atoms with Crippen LogP contribution in [-0.4, -0.2) is 47.0 Å². The number of ether oxygens (including phenoxy) is 1. The molecule has 0 spiro atoms. The highest BCUT2D eigenvalue weighted by Gasteiger charge is 2.17. The Morgan fingerprint density at radius 1 is 1.72 bits per heavy atom. The molecule has 1 aromatic rings. The van der Waals surface area contributed by atoms with Gasteiger partial charge in [0.05, 0.1) is 18.8 Å². The number of carbonyl (C=O) groups excluding carboxylic acids is 1. The Balaban J connectivity index is 1.74. The molecule has 0 unspecified atom stereocenters. The number of amides is 2. The van der Waals surface area contributed by atoms with Gasteiger partial charge in [0.1, 0.15) is 0 Å². The molecule has 1 aliphatic heterocycles. The molecule has 0 aromatic carbocycles. The van der Waals surface area contributed by atoms with E-state index in [4.69, 9.17) is 4.74 Å². The van der Waals surface area contributed by atoms with Crippen molar-refractivity contribution < 1.29 is 9.53 Å². The lowest BCUT2D eigenvalue weighted by atomic mass is 10.2. The molecule has 18 heavy (non-hydrogen) atoms. The fourth-order valence-electron chi connectivity index (χ4n) is 2.04. The summed E-state index contributed by atoms with van der Waals surface area (Å²) in [5, 5.41) is 6.96. The molecule has 1 atom stereocenters. The van der Waals surface area contributed by atoms with Crippen LogP contribution < -0.4 is 5.32 Å². The molecule has 1 saturated heterocycles. The predicted molar refractivity (Wildman–Crippen MR) is 67.0 cm³/mol. The van der Waals surface area contributed by atoms with Crippen LogP contribution in [0.4, 0.5) is 4.79 Å². The van der Waals surface area contributed by atoms with E-state index in [9.17, 15) is 4.79 Å². The van der Waals surface area contributed by atoms with Crippen molar-refractivity contribution in [3.05, 3.63) is 18.0 Å². The summed E-state index contributed by atoms with van der Waals surface area (Å²) in [5.41, 5.74) is 1.02. The molecule has 2 heterocycles. The molecule has 0 saturated carbocycles. The maximum Gasteiger partial charge on any atom is 0.317 e. The molecule has 2 amide bonds. The van der Waals surface area contributed by atoms with Crippen molar-refractivity contribution in [2.75, 3.05) is 20.2 Å². The Labute approximate surface area is 107 Å². The SMILES string of the molecule is CN(Cc1cnn(C)c1)C(=O)NC[C@H]1CCCO1. The molecule has 100 valence electrons. The lowest BCUT2D eigenvalue weighted by molar-refractivity contribution is 0.109. The number of aryl methyl sites for hydroxylation is 1. The van der Waals surface area contributed by atoms with Crippen molar-refractivity contribution >= 4 is 6.03 Å². The average Bonchev–Trinajstić information content (AvgIpc) is 2.97. The first-order valence-corrected chi connectivity index (χ1v) is 6.23. The quantitative estimate of drug-likeness (QED) is 0.860. The van der Waals surface area contributed by atoms with Gasteiger partial charge in [-0.1, -0.05) is 0 Å². The van der Waals surface area contributed by atoms with Gasteiger partial charge in [-0.3, -0.25) is 4.68 Å². The molecule has 0 radical (unpaired) electrons. The van der Waals surface area contributed by atoms with Crippen molar-refractivity contribution in [2.45, 2.75) is 25.5 Å². The average molecular weight is 252 g/mol. The highest BCUT2D eigenvalue weighted by molar-refractivity contribution is 5.73. The van der Waals surface area contributed by atoms with Crippen LogP contribution in [0.2, 0.25) is 0 Å². The van der Waals surface area contributed by atoms with Gasteiger partial charge < -0.3 is 15.0 Å². The van der Waals surface area contributed by atoms with Crippen LogP contribution in [0.15, 0.2) is 12.4 Å². The summed E-state index contributed by atoms with van der Waals surface area (Å²) in [7, 11) is 3.64. The lowest BCUT2D eigenvalue weighted by Crippen LogP contribution is -2.40. The van der Waals surface area contributed by atoms with E-state index in [1.54, 1.807) is 22.8 Å². The molecule has 2 rings (SSSR count). The van der Waals surface area contributed by atoms with E-state index in [1.165, 1.54) is 0 Å². The fourth-order valence-corrected chi connectivity index (χ4v) is 2.04. The van der Waals surface area contributed by atoms with Gasteiger partial charge in [-0.25, -0.2) is 4.79 Å². The maximum absolute atomic E-state index is 11.8. The Bertz CT molecular complexity index is 399. The highest BCUT2D eigenvalue weighted by atomic mass is 16.5. The van der Waals surface area contributed by atoms with Gasteiger partial charge in [0.15, 0.2) is 0 Å². The first-order chi connectivity index (χ1) is 8.65. The zero-order valence-corrected chi connectivity index (χ0v) is 10.9. The standard InChI is InChI=1S/C12H20N4O2/c1-15(8-10-6-14-16(2)9-10)12(17)13-7-11-4-3-5-18-11/h6,9,11H,3-5,7-8H2,1-2H3,(H,13,17)/t11-/m1/s1. The summed E-state index contributed by atoms with van der Waals surface area (Å²) in [5.74, 6) is 0. The summed E-state index contributed by atoms with van der Waals surface area (Å²) in [6, 6.07) is -0.0747. The Morgan fingerprint density at radius 2 is 2.56 bits per heavy atom. The summed E-state index contributed by atoms with van der Waals surface area (Å²) >= 11 is 0. The summed E-state index contributed by atoms with van der Waals surface area (Å²) in [4.78, 5) is 13.5. The fraction of sp³-hybridized carbons (Fsp3) is 0.667. The number of urea groups is 1. The van der Waals surface area contributed by atoms with Crippen LogP contribution in [-0.2, 0) is 18.3 Å². The van der Waals surface area contributed by atoms with Crippen LogP contribution in [0.1, 0.15) is 18.4 Å². The minimum atomic E-state index is -0.0747. The number of nitrogens with one attached hydrogen (secondary N) is 1. The summed E-state index contributed by atoms with van der Waals surface area (Å²) < 4.78 is 7.19. The van der Waals surface area contributed by atoms with Crippen LogP contribution in [0.3, 0.4) is 0 Å². The molecule has 0 aliphatic carbocycles. The van der Waals surface area contributed by atoms with Gasteiger partial charge in [0.25, 0.3) is 0 Å². The number of aromatic nitrogens is 2. The third-order valence-electron chi connectivity index (χ3n) is 3.03. The van der Waals surface area contributed by atoms with Crippen LogP contribution in [0.5, 0.6) is 0 Å². The second kappa shape index (κ2) is 5.86. The minimum absolute atomic E-state index is 0.0747. The van der Waals surface area contributed by atoms with Crippen LogP contribution >= 0.6 is 0 Å².